The molecule has 0 saturated carbocycles. The molecule has 19 heavy (non-hydrogen) atoms. The Morgan fingerprint density at radius 1 is 1.42 bits per heavy atom. The topological polar surface area (TPSA) is 38.0 Å². The lowest BCUT2D eigenvalue weighted by atomic mass is 10.0. The molecule has 1 heterocycles. The van der Waals surface area contributed by atoms with Gasteiger partial charge in [-0.1, -0.05) is 29.3 Å². The number of aryl methyl sites for hydroxylation is 2. The largest absolute Gasteiger partial charge is 0.388 e. The van der Waals surface area contributed by atoms with Crippen molar-refractivity contribution in [2.24, 2.45) is 7.05 Å². The number of benzene rings is 1. The lowest BCUT2D eigenvalue weighted by molar-refractivity contribution is 0.173. The molecule has 1 N–H and O–H groups in total. The molecule has 1 aromatic carbocycles. The summed E-state index contributed by atoms with van der Waals surface area (Å²) in [6.45, 7) is 1.80. The number of halogens is 3. The maximum absolute atomic E-state index is 13.7. The molecule has 0 spiro atoms. The SMILES string of the molecule is Cc1nn(C)c(Cl)c1CC(O)c1ccc(Cl)cc1F. The third-order valence-corrected chi connectivity index (χ3v) is 3.70. The summed E-state index contributed by atoms with van der Waals surface area (Å²) in [5.74, 6) is -0.530. The first-order chi connectivity index (χ1) is 8.90. The molecule has 102 valence electrons. The van der Waals surface area contributed by atoms with Gasteiger partial charge in [0.15, 0.2) is 0 Å². The molecule has 0 bridgehead atoms. The van der Waals surface area contributed by atoms with Crippen molar-refractivity contribution in [3.63, 3.8) is 0 Å². The van der Waals surface area contributed by atoms with Crippen molar-refractivity contribution in [1.82, 2.24) is 9.78 Å². The van der Waals surface area contributed by atoms with E-state index in [1.807, 2.05) is 0 Å². The maximum Gasteiger partial charge on any atom is 0.130 e. The van der Waals surface area contributed by atoms with Gasteiger partial charge in [0.1, 0.15) is 11.0 Å². The highest BCUT2D eigenvalue weighted by atomic mass is 35.5. The minimum Gasteiger partial charge on any atom is -0.388 e. The van der Waals surface area contributed by atoms with E-state index in [2.05, 4.69) is 5.10 Å². The van der Waals surface area contributed by atoms with Crippen LogP contribution in [0.5, 0.6) is 0 Å². The quantitative estimate of drug-likeness (QED) is 0.943. The van der Waals surface area contributed by atoms with E-state index in [1.165, 1.54) is 16.8 Å². The third kappa shape index (κ3) is 2.91. The zero-order chi connectivity index (χ0) is 14.2. The highest BCUT2D eigenvalue weighted by Gasteiger charge is 2.19. The van der Waals surface area contributed by atoms with E-state index < -0.39 is 11.9 Å². The Hall–Kier alpha value is -1.10. The molecule has 6 heteroatoms. The van der Waals surface area contributed by atoms with Crippen LogP contribution in [0.15, 0.2) is 18.2 Å². The van der Waals surface area contributed by atoms with Crippen molar-refractivity contribution in [1.29, 1.82) is 0 Å². The molecule has 0 aliphatic carbocycles. The van der Waals surface area contributed by atoms with Gasteiger partial charge in [-0.15, -0.1) is 0 Å². The molecule has 0 saturated heterocycles. The van der Waals surface area contributed by atoms with Gasteiger partial charge >= 0.3 is 0 Å². The molecule has 2 rings (SSSR count). The molecule has 2 aromatic rings. The number of aromatic nitrogens is 2. The van der Waals surface area contributed by atoms with Crippen LogP contribution >= 0.6 is 23.2 Å². The zero-order valence-electron chi connectivity index (χ0n) is 10.5. The van der Waals surface area contributed by atoms with Gasteiger partial charge in [-0.25, -0.2) is 4.39 Å². The van der Waals surface area contributed by atoms with E-state index in [-0.39, 0.29) is 12.0 Å². The molecule has 3 nitrogen and oxygen atoms in total. The first-order valence-corrected chi connectivity index (χ1v) is 6.46. The van der Waals surface area contributed by atoms with Crippen molar-refractivity contribution in [2.75, 3.05) is 0 Å². The molecule has 1 aromatic heterocycles. The summed E-state index contributed by atoms with van der Waals surface area (Å²) in [4.78, 5) is 0. The van der Waals surface area contributed by atoms with Crippen molar-refractivity contribution in [3.05, 3.63) is 51.0 Å². The number of rotatable bonds is 3. The lowest BCUT2D eigenvalue weighted by Gasteiger charge is -2.12. The average Bonchev–Trinajstić information content (AvgIpc) is 2.56. The molecular weight excluding hydrogens is 290 g/mol. The normalized spacial score (nSPS) is 12.7. The Kier molecular flexibility index (Phi) is 4.13. The Bertz CT molecular complexity index is 613. The van der Waals surface area contributed by atoms with Crippen LogP contribution in [0.1, 0.15) is 22.9 Å². The van der Waals surface area contributed by atoms with Gasteiger partial charge in [0.25, 0.3) is 0 Å². The summed E-state index contributed by atoms with van der Waals surface area (Å²) < 4.78 is 15.2. The van der Waals surface area contributed by atoms with Gasteiger partial charge in [0, 0.05) is 29.6 Å². The second kappa shape index (κ2) is 5.49. The summed E-state index contributed by atoms with van der Waals surface area (Å²) in [6, 6.07) is 4.20. The summed E-state index contributed by atoms with van der Waals surface area (Å²) in [7, 11) is 1.72. The van der Waals surface area contributed by atoms with Crippen LogP contribution in [-0.4, -0.2) is 14.9 Å². The zero-order valence-corrected chi connectivity index (χ0v) is 12.0. The molecular formula is C13H13Cl2FN2O. The monoisotopic (exact) mass is 302 g/mol. The number of hydrogen-bond acceptors (Lipinski definition) is 2. The van der Waals surface area contributed by atoms with E-state index in [4.69, 9.17) is 23.2 Å². The highest BCUT2D eigenvalue weighted by molar-refractivity contribution is 6.30. The van der Waals surface area contributed by atoms with Crippen molar-refractivity contribution in [2.45, 2.75) is 19.4 Å². The Balaban J connectivity index is 2.28. The molecule has 1 unspecified atom stereocenters. The predicted octanol–water partition coefficient (Wildman–Crippen LogP) is 3.45. The second-order valence-corrected chi connectivity index (χ2v) is 5.16. The summed E-state index contributed by atoms with van der Waals surface area (Å²) in [5.41, 5.74) is 1.63. The number of nitrogens with zero attached hydrogens (tertiary/aromatic N) is 2. The van der Waals surface area contributed by atoms with Crippen molar-refractivity contribution in [3.8, 4) is 0 Å². The van der Waals surface area contributed by atoms with E-state index in [9.17, 15) is 9.50 Å². The van der Waals surface area contributed by atoms with Gasteiger partial charge in [-0.3, -0.25) is 4.68 Å². The summed E-state index contributed by atoms with van der Waals surface area (Å²) in [6.07, 6.45) is -0.783. The first kappa shape index (κ1) is 14.3. The second-order valence-electron chi connectivity index (χ2n) is 4.36. The fourth-order valence-electron chi connectivity index (χ4n) is 1.98. The van der Waals surface area contributed by atoms with Crippen LogP contribution in [0.25, 0.3) is 0 Å². The Morgan fingerprint density at radius 2 is 2.11 bits per heavy atom. The Morgan fingerprint density at radius 3 is 2.63 bits per heavy atom. The standard InChI is InChI=1S/C13H13Cl2FN2O/c1-7-10(13(15)18(2)17-7)6-12(19)9-4-3-8(14)5-11(9)16/h3-5,12,19H,6H2,1-2H3. The van der Waals surface area contributed by atoms with Gasteiger partial charge < -0.3 is 5.11 Å². The molecule has 0 radical (unpaired) electrons. The minimum atomic E-state index is -0.988. The smallest absolute Gasteiger partial charge is 0.130 e. The fraction of sp³-hybridized carbons (Fsp3) is 0.308. The summed E-state index contributed by atoms with van der Waals surface area (Å²) >= 11 is 11.8. The van der Waals surface area contributed by atoms with Gasteiger partial charge in [0.2, 0.25) is 0 Å². The van der Waals surface area contributed by atoms with Gasteiger partial charge in [0.05, 0.1) is 11.8 Å². The molecule has 0 aliphatic heterocycles. The molecule has 1 atom stereocenters. The van der Waals surface area contributed by atoms with E-state index in [0.29, 0.717) is 15.7 Å². The summed E-state index contributed by atoms with van der Waals surface area (Å²) in [5, 5.41) is 15.0. The average molecular weight is 303 g/mol. The molecule has 0 aliphatic rings. The van der Waals surface area contributed by atoms with Crippen molar-refractivity contribution >= 4 is 23.2 Å². The maximum atomic E-state index is 13.7. The van der Waals surface area contributed by atoms with E-state index >= 15 is 0 Å². The highest BCUT2D eigenvalue weighted by Crippen LogP contribution is 2.28. The fourth-order valence-corrected chi connectivity index (χ4v) is 2.39. The van der Waals surface area contributed by atoms with Crippen LogP contribution in [0.3, 0.4) is 0 Å². The van der Waals surface area contributed by atoms with Gasteiger partial charge in [-0.05, 0) is 19.1 Å². The Labute approximate surface area is 120 Å². The lowest BCUT2D eigenvalue weighted by Crippen LogP contribution is -2.05. The third-order valence-electron chi connectivity index (χ3n) is 2.99. The number of hydrogen-bond donors (Lipinski definition) is 1. The number of aliphatic hydroxyl groups excluding tert-OH is 1. The van der Waals surface area contributed by atoms with Crippen LogP contribution in [0, 0.1) is 12.7 Å². The predicted molar refractivity (Wildman–Crippen MR) is 73.0 cm³/mol. The molecule has 0 fully saturated rings. The van der Waals surface area contributed by atoms with E-state index in [0.717, 1.165) is 5.69 Å². The first-order valence-electron chi connectivity index (χ1n) is 5.71. The van der Waals surface area contributed by atoms with Crippen molar-refractivity contribution < 1.29 is 9.50 Å². The van der Waals surface area contributed by atoms with Crippen LogP contribution in [0.4, 0.5) is 4.39 Å². The van der Waals surface area contributed by atoms with Gasteiger partial charge in [-0.2, -0.15) is 5.10 Å². The number of aliphatic hydroxyl groups is 1. The van der Waals surface area contributed by atoms with E-state index in [1.54, 1.807) is 20.0 Å². The van der Waals surface area contributed by atoms with Crippen LogP contribution < -0.4 is 0 Å². The molecule has 0 amide bonds. The van der Waals surface area contributed by atoms with Crippen LogP contribution in [0.2, 0.25) is 10.2 Å². The van der Waals surface area contributed by atoms with Crippen LogP contribution in [-0.2, 0) is 13.5 Å². The minimum absolute atomic E-state index is 0.198.